The molecular formula is C41H65Cl2N2O5RuSi5-4. The van der Waals surface area contributed by atoms with Crippen LogP contribution < -0.4 is 4.74 Å². The van der Waals surface area contributed by atoms with Crippen LogP contribution in [0.15, 0.2) is 66.7 Å². The van der Waals surface area contributed by atoms with Crippen molar-refractivity contribution in [1.82, 2.24) is 0 Å². The van der Waals surface area contributed by atoms with Gasteiger partial charge >= 0.3 is 60.9 Å². The minimum atomic E-state index is -2.60. The average molecular weight is 978 g/mol. The van der Waals surface area contributed by atoms with Gasteiger partial charge in [-0.05, 0) is 89.1 Å². The molecular weight excluding hydrogens is 913 g/mol. The number of benzene rings is 3. The second-order valence-corrected chi connectivity index (χ2v) is 38.0. The first kappa shape index (κ1) is 49.6. The zero-order valence-corrected chi connectivity index (χ0v) is 43.6. The Kier molecular flexibility index (Phi) is 20.6. The van der Waals surface area contributed by atoms with Crippen LogP contribution in [0.25, 0.3) is 10.6 Å². The van der Waals surface area contributed by atoms with Crippen molar-refractivity contribution in [3.8, 4) is 5.75 Å². The van der Waals surface area contributed by atoms with Crippen molar-refractivity contribution in [2.75, 3.05) is 0 Å². The Morgan fingerprint density at radius 2 is 1.27 bits per heavy atom. The van der Waals surface area contributed by atoms with Crippen LogP contribution >= 0.6 is 19.4 Å². The molecule has 4 rings (SSSR count). The molecule has 0 saturated heterocycles. The van der Waals surface area contributed by atoms with Gasteiger partial charge in [0.15, 0.2) is 16.6 Å². The molecule has 2 unspecified atom stereocenters. The fraction of sp³-hybridized carbons (Fsp3) is 0.512. The van der Waals surface area contributed by atoms with Gasteiger partial charge < -0.3 is 31.8 Å². The SMILES string of the molecule is [CH2-]c1ccc(OCc2ccc(CC[Si](C)(O[Si](C)O[Si](C)(C)C)O[Si](C)(C)O[Si](C)(C)C)cc2)cc1C[N-]C1CCCC[C@@H]1[N-]Cc1ccccc1[CH2-].[Cl][Ru][Cl]. The molecule has 1 aliphatic carbocycles. The van der Waals surface area contributed by atoms with E-state index in [1.807, 2.05) is 18.2 Å². The molecule has 315 valence electrons. The van der Waals surface area contributed by atoms with E-state index >= 15 is 0 Å². The summed E-state index contributed by atoms with van der Waals surface area (Å²) < 4.78 is 33.0. The first-order valence-corrected chi connectivity index (χ1v) is 38.0. The number of nitrogens with zero attached hydrogens (tertiary/aromatic N) is 2. The summed E-state index contributed by atoms with van der Waals surface area (Å²) in [4.78, 5) is 0. The number of hydrogen-bond acceptors (Lipinski definition) is 5. The van der Waals surface area contributed by atoms with Gasteiger partial charge in [0, 0.05) is 0 Å². The molecule has 1 radical (unpaired) electrons. The van der Waals surface area contributed by atoms with Gasteiger partial charge in [0.25, 0.3) is 0 Å². The molecule has 0 aromatic heterocycles. The molecule has 0 aliphatic heterocycles. The Hall–Kier alpha value is -0.752. The molecule has 1 saturated carbocycles. The van der Waals surface area contributed by atoms with Crippen LogP contribution in [0.3, 0.4) is 0 Å². The fourth-order valence-electron chi connectivity index (χ4n) is 7.00. The van der Waals surface area contributed by atoms with Crippen LogP contribution in [0.1, 0.15) is 59.1 Å². The van der Waals surface area contributed by atoms with Crippen molar-refractivity contribution in [2.24, 2.45) is 0 Å². The monoisotopic (exact) mass is 977 g/mol. The number of rotatable bonds is 20. The van der Waals surface area contributed by atoms with Gasteiger partial charge in [-0.2, -0.15) is 73.4 Å². The van der Waals surface area contributed by atoms with Crippen molar-refractivity contribution < 1.29 is 36.3 Å². The summed E-state index contributed by atoms with van der Waals surface area (Å²) in [6.45, 7) is 32.2. The van der Waals surface area contributed by atoms with Gasteiger partial charge in [-0.3, -0.25) is 0 Å². The van der Waals surface area contributed by atoms with Crippen molar-refractivity contribution in [3.63, 3.8) is 0 Å². The number of hydrogen-bond donors (Lipinski definition) is 0. The zero-order valence-electron chi connectivity index (χ0n) is 35.3. The molecule has 3 atom stereocenters. The van der Waals surface area contributed by atoms with E-state index in [2.05, 4.69) is 128 Å². The predicted octanol–water partition coefficient (Wildman–Crippen LogP) is 12.9. The normalized spacial score (nSPS) is 17.7. The number of aryl methyl sites for hydroxylation is 1. The third-order valence-corrected chi connectivity index (χ3v) is 24.8. The molecule has 15 heteroatoms. The van der Waals surface area contributed by atoms with Crippen LogP contribution in [0, 0.1) is 13.8 Å². The van der Waals surface area contributed by atoms with Gasteiger partial charge in [0.2, 0.25) is 0 Å². The Labute approximate surface area is 362 Å². The zero-order chi connectivity index (χ0) is 41.6. The standard InChI is InChI=1S/C41H65N2O5Si5.2ClH.Ru/c1-33-17-13-14-18-37(33)30-42-40-19-15-16-20-41(40)43-31-38-29-39(26-21-34(38)2)44-32-36-24-22-35(23-25-36)27-28-53(12,46-49(3)45-50(4,5)6)48-52(10,11)47-51(7,8)9;;;/h13-14,17-18,21-26,29,40-41H,1-2,15-16,19-20,27-28,30-32H2,3-12H3;2*1H;/q-4;;;+2/p-2/t40-,41?,53?;;;/m0.../s1. The molecule has 3 aromatic carbocycles. The van der Waals surface area contributed by atoms with Crippen LogP contribution in [0.4, 0.5) is 0 Å². The van der Waals surface area contributed by atoms with Crippen LogP contribution in [-0.2, 0) is 57.7 Å². The van der Waals surface area contributed by atoms with Gasteiger partial charge in [-0.25, -0.2) is 0 Å². The second kappa shape index (κ2) is 23.3. The first-order chi connectivity index (χ1) is 26.2. The van der Waals surface area contributed by atoms with Crippen LogP contribution in [0.5, 0.6) is 5.75 Å². The Bertz CT molecular complexity index is 1620. The summed E-state index contributed by atoms with van der Waals surface area (Å²) in [6, 6.07) is 24.5. The maximum atomic E-state index is 6.92. The molecule has 3 aromatic rings. The topological polar surface area (TPSA) is 74.4 Å². The molecule has 0 N–H and O–H groups in total. The van der Waals surface area contributed by atoms with E-state index < -0.39 is 43.0 Å². The van der Waals surface area contributed by atoms with Crippen LogP contribution in [0.2, 0.25) is 71.5 Å². The third kappa shape index (κ3) is 19.1. The van der Waals surface area contributed by atoms with E-state index in [1.54, 1.807) is 0 Å². The van der Waals surface area contributed by atoms with Crippen LogP contribution in [-0.4, -0.2) is 55.1 Å². The van der Waals surface area contributed by atoms with Crippen molar-refractivity contribution in [3.05, 3.63) is 125 Å². The van der Waals surface area contributed by atoms with E-state index in [1.165, 1.54) is 24.0 Å². The van der Waals surface area contributed by atoms with Gasteiger partial charge in [-0.15, -0.1) is 12.1 Å². The quantitative estimate of drug-likeness (QED) is 0.0833. The molecule has 56 heavy (non-hydrogen) atoms. The molecule has 0 spiro atoms. The fourth-order valence-corrected chi connectivity index (χ4v) is 26.1. The summed E-state index contributed by atoms with van der Waals surface area (Å²) in [5.74, 6) is 0.838. The van der Waals surface area contributed by atoms with E-state index in [-0.39, 0.29) is 27.2 Å². The second-order valence-electron chi connectivity index (χ2n) is 17.1. The molecule has 0 heterocycles. The predicted molar refractivity (Wildman–Crippen MR) is 245 cm³/mol. The molecule has 7 nitrogen and oxygen atoms in total. The molecule has 0 amide bonds. The van der Waals surface area contributed by atoms with Gasteiger partial charge in [0.1, 0.15) is 6.61 Å². The van der Waals surface area contributed by atoms with E-state index in [9.17, 15) is 0 Å². The van der Waals surface area contributed by atoms with Crippen molar-refractivity contribution >= 4 is 62.4 Å². The van der Waals surface area contributed by atoms with E-state index in [4.69, 9.17) is 51.2 Å². The average Bonchev–Trinajstić information content (AvgIpc) is 3.08. The Morgan fingerprint density at radius 1 is 0.714 bits per heavy atom. The summed E-state index contributed by atoms with van der Waals surface area (Å²) >= 11 is -0.346. The Balaban J connectivity index is 0.00000271. The third-order valence-electron chi connectivity index (χ3n) is 9.10. The molecule has 0 bridgehead atoms. The van der Waals surface area contributed by atoms with E-state index in [0.29, 0.717) is 19.7 Å². The summed E-state index contributed by atoms with van der Waals surface area (Å²) in [5.41, 5.74) is 6.74. The molecule has 1 fully saturated rings. The van der Waals surface area contributed by atoms with Gasteiger partial charge in [0.05, 0.1) is 5.75 Å². The summed E-state index contributed by atoms with van der Waals surface area (Å²) in [7, 11) is -0.232. The number of halogens is 2. The van der Waals surface area contributed by atoms with Crippen molar-refractivity contribution in [1.29, 1.82) is 0 Å². The minimum absolute atomic E-state index is 0.234. The number of ether oxygens (including phenoxy) is 1. The van der Waals surface area contributed by atoms with Gasteiger partial charge in [-0.1, -0.05) is 68.1 Å². The van der Waals surface area contributed by atoms with E-state index in [0.717, 1.165) is 53.3 Å². The first-order valence-electron chi connectivity index (χ1n) is 19.6. The summed E-state index contributed by atoms with van der Waals surface area (Å²) in [6.07, 6.45) is 5.47. The Morgan fingerprint density at radius 3 is 1.84 bits per heavy atom. The maximum absolute atomic E-state index is 6.92. The molecule has 1 aliphatic rings. The van der Waals surface area contributed by atoms with Crippen molar-refractivity contribution in [2.45, 2.75) is 135 Å². The summed E-state index contributed by atoms with van der Waals surface area (Å²) in [5, 5.41) is 10.3.